The first-order chi connectivity index (χ1) is 13.7. The number of hydrogen-bond acceptors (Lipinski definition) is 3. The average Bonchev–Trinajstić information content (AvgIpc) is 2.93. The second-order valence-corrected chi connectivity index (χ2v) is 8.88. The van der Waals surface area contributed by atoms with Gasteiger partial charge in [-0.3, -0.25) is 4.79 Å². The van der Waals surface area contributed by atoms with Crippen molar-refractivity contribution in [2.75, 3.05) is 0 Å². The number of carboxylic acid groups (broad SMARTS) is 1. The van der Waals surface area contributed by atoms with Crippen molar-refractivity contribution in [3.8, 4) is 0 Å². The number of benzene rings is 3. The Hall–Kier alpha value is -2.90. The Kier molecular flexibility index (Phi) is 4.59. The molecule has 0 fully saturated rings. The molecule has 3 aromatic carbocycles. The average molecular weight is 432 g/mol. The van der Waals surface area contributed by atoms with E-state index in [1.54, 1.807) is 24.3 Å². The molecule has 0 amide bonds. The molecule has 1 aromatic heterocycles. The summed E-state index contributed by atoms with van der Waals surface area (Å²) >= 11 is 6.16. The summed E-state index contributed by atoms with van der Waals surface area (Å²) in [5, 5.41) is 11.4. The Labute approximate surface area is 171 Å². The Morgan fingerprint density at radius 1 is 1.10 bits per heavy atom. The van der Waals surface area contributed by atoms with Crippen LogP contribution in [0, 0.1) is 12.7 Å². The predicted molar refractivity (Wildman–Crippen MR) is 110 cm³/mol. The number of rotatable bonds is 4. The van der Waals surface area contributed by atoms with Crippen LogP contribution < -0.4 is 0 Å². The molecule has 1 N–H and O–H groups in total. The fourth-order valence-electron chi connectivity index (χ4n) is 3.60. The van der Waals surface area contributed by atoms with Gasteiger partial charge in [0.15, 0.2) is 0 Å². The summed E-state index contributed by atoms with van der Waals surface area (Å²) in [6, 6.07) is 13.5. The summed E-state index contributed by atoms with van der Waals surface area (Å²) in [7, 11) is -4.07. The molecule has 4 rings (SSSR count). The number of fused-ring (bicyclic) bond motifs is 2. The summed E-state index contributed by atoms with van der Waals surface area (Å²) in [6.45, 7) is 1.52. The molecular weight excluding hydrogens is 417 g/mol. The van der Waals surface area contributed by atoms with E-state index < -0.39 is 28.2 Å². The molecule has 0 spiro atoms. The zero-order valence-corrected chi connectivity index (χ0v) is 16.8. The maximum absolute atomic E-state index is 13.8. The molecular formula is C21H15ClFNO4S. The van der Waals surface area contributed by atoms with E-state index >= 15 is 0 Å². The predicted octanol–water partition coefficient (Wildman–Crippen LogP) is 4.76. The summed E-state index contributed by atoms with van der Waals surface area (Å²) in [5.74, 6) is -1.70. The summed E-state index contributed by atoms with van der Waals surface area (Å²) in [5.41, 5.74) is 0.727. The van der Waals surface area contributed by atoms with Crippen molar-refractivity contribution in [1.29, 1.82) is 0 Å². The number of halogens is 2. The van der Waals surface area contributed by atoms with Gasteiger partial charge in [-0.2, -0.15) is 0 Å². The zero-order chi connectivity index (χ0) is 20.9. The molecule has 0 atom stereocenters. The molecule has 1 heterocycles. The van der Waals surface area contributed by atoms with Crippen molar-refractivity contribution < 1.29 is 22.7 Å². The van der Waals surface area contributed by atoms with Crippen LogP contribution in [0.2, 0.25) is 5.02 Å². The highest BCUT2D eigenvalue weighted by Crippen LogP contribution is 2.32. The number of aromatic nitrogens is 1. The molecule has 0 aliphatic carbocycles. The van der Waals surface area contributed by atoms with E-state index in [0.717, 1.165) is 21.5 Å². The van der Waals surface area contributed by atoms with Crippen molar-refractivity contribution in [3.05, 3.63) is 76.7 Å². The van der Waals surface area contributed by atoms with E-state index in [1.165, 1.54) is 25.1 Å². The fourth-order valence-corrected chi connectivity index (χ4v) is 5.46. The van der Waals surface area contributed by atoms with Gasteiger partial charge >= 0.3 is 5.97 Å². The molecule has 4 aromatic rings. The standard InChI is InChI=1S/C21H15ClFNO4S/c1-12-17(11-21(25)26)18-10-14(23)5-8-20(18)24(12)29(27,28)15-6-7-16-13(9-15)3-2-4-19(16)22/h2-10H,11H2,1H3,(H,25,26). The first kappa shape index (κ1) is 19.4. The van der Waals surface area contributed by atoms with Gasteiger partial charge in [-0.25, -0.2) is 16.8 Å². The molecule has 29 heavy (non-hydrogen) atoms. The number of nitrogens with zero attached hydrogens (tertiary/aromatic N) is 1. The van der Waals surface area contributed by atoms with Crippen LogP contribution in [-0.2, 0) is 21.2 Å². The van der Waals surface area contributed by atoms with Crippen LogP contribution in [0.25, 0.3) is 21.7 Å². The molecule has 148 valence electrons. The third-order valence-electron chi connectivity index (χ3n) is 4.91. The minimum Gasteiger partial charge on any atom is -0.481 e. The lowest BCUT2D eigenvalue weighted by Gasteiger charge is -2.11. The highest BCUT2D eigenvalue weighted by Gasteiger charge is 2.26. The molecule has 0 saturated heterocycles. The molecule has 8 heteroatoms. The van der Waals surface area contributed by atoms with Crippen LogP contribution in [0.1, 0.15) is 11.3 Å². The highest BCUT2D eigenvalue weighted by molar-refractivity contribution is 7.90. The van der Waals surface area contributed by atoms with Gasteiger partial charge in [-0.05, 0) is 54.3 Å². The second-order valence-electron chi connectivity index (χ2n) is 6.69. The first-order valence-electron chi connectivity index (χ1n) is 8.65. The lowest BCUT2D eigenvalue weighted by Crippen LogP contribution is -2.15. The summed E-state index contributed by atoms with van der Waals surface area (Å²) in [4.78, 5) is 11.3. The smallest absolute Gasteiger partial charge is 0.307 e. The summed E-state index contributed by atoms with van der Waals surface area (Å²) < 4.78 is 41.8. The zero-order valence-electron chi connectivity index (χ0n) is 15.2. The number of carbonyl (C=O) groups is 1. The number of carboxylic acids is 1. The topological polar surface area (TPSA) is 76.4 Å². The van der Waals surface area contributed by atoms with Crippen molar-refractivity contribution >= 4 is 49.3 Å². The highest BCUT2D eigenvalue weighted by atomic mass is 35.5. The van der Waals surface area contributed by atoms with Gasteiger partial charge in [-0.15, -0.1) is 0 Å². The largest absolute Gasteiger partial charge is 0.481 e. The molecule has 0 aliphatic heterocycles. The van der Waals surface area contributed by atoms with Crippen LogP contribution in [0.15, 0.2) is 59.5 Å². The Morgan fingerprint density at radius 2 is 1.86 bits per heavy atom. The van der Waals surface area contributed by atoms with Crippen LogP contribution in [0.3, 0.4) is 0 Å². The van der Waals surface area contributed by atoms with E-state index in [-0.39, 0.29) is 27.1 Å². The summed E-state index contributed by atoms with van der Waals surface area (Å²) in [6.07, 6.45) is -0.415. The SMILES string of the molecule is Cc1c(CC(=O)O)c2cc(F)ccc2n1S(=O)(=O)c1ccc2c(Cl)cccc2c1. The van der Waals surface area contributed by atoms with Crippen LogP contribution in [0.5, 0.6) is 0 Å². The fraction of sp³-hybridized carbons (Fsp3) is 0.0952. The Balaban J connectivity index is 2.01. The Morgan fingerprint density at radius 3 is 2.59 bits per heavy atom. The minimum atomic E-state index is -4.07. The second kappa shape index (κ2) is 6.86. The molecule has 0 radical (unpaired) electrons. The van der Waals surface area contributed by atoms with Crippen molar-refractivity contribution in [1.82, 2.24) is 3.97 Å². The molecule has 0 unspecified atom stereocenters. The van der Waals surface area contributed by atoms with E-state index in [1.807, 2.05) is 0 Å². The quantitative estimate of drug-likeness (QED) is 0.505. The van der Waals surface area contributed by atoms with Gasteiger partial charge in [0.2, 0.25) is 0 Å². The van der Waals surface area contributed by atoms with Crippen LogP contribution >= 0.6 is 11.6 Å². The lowest BCUT2D eigenvalue weighted by molar-refractivity contribution is -0.136. The maximum Gasteiger partial charge on any atom is 0.307 e. The number of aliphatic carboxylic acids is 1. The van der Waals surface area contributed by atoms with E-state index in [4.69, 9.17) is 11.6 Å². The molecule has 0 aliphatic rings. The molecule has 0 saturated carbocycles. The van der Waals surface area contributed by atoms with Gasteiger partial charge in [-0.1, -0.05) is 29.8 Å². The molecule has 0 bridgehead atoms. The lowest BCUT2D eigenvalue weighted by atomic mass is 10.1. The minimum absolute atomic E-state index is 0.0264. The van der Waals surface area contributed by atoms with Crippen molar-refractivity contribution in [3.63, 3.8) is 0 Å². The van der Waals surface area contributed by atoms with Gasteiger partial charge in [0.05, 0.1) is 16.8 Å². The third kappa shape index (κ3) is 3.16. The normalized spacial score (nSPS) is 12.0. The Bertz CT molecular complexity index is 1410. The monoisotopic (exact) mass is 431 g/mol. The van der Waals surface area contributed by atoms with Crippen LogP contribution in [-0.4, -0.2) is 23.5 Å². The van der Waals surface area contributed by atoms with Crippen LogP contribution in [0.4, 0.5) is 4.39 Å². The van der Waals surface area contributed by atoms with E-state index in [9.17, 15) is 22.7 Å². The van der Waals surface area contributed by atoms with Gasteiger partial charge in [0.1, 0.15) is 5.82 Å². The van der Waals surface area contributed by atoms with E-state index in [2.05, 4.69) is 0 Å². The van der Waals surface area contributed by atoms with Gasteiger partial charge < -0.3 is 5.11 Å². The third-order valence-corrected chi connectivity index (χ3v) is 7.04. The van der Waals surface area contributed by atoms with Gasteiger partial charge in [0, 0.05) is 21.5 Å². The van der Waals surface area contributed by atoms with Gasteiger partial charge in [0.25, 0.3) is 10.0 Å². The molecule has 5 nitrogen and oxygen atoms in total. The van der Waals surface area contributed by atoms with Crippen molar-refractivity contribution in [2.24, 2.45) is 0 Å². The first-order valence-corrected chi connectivity index (χ1v) is 10.5. The number of hydrogen-bond donors (Lipinski definition) is 1. The van der Waals surface area contributed by atoms with E-state index in [0.29, 0.717) is 10.4 Å². The van der Waals surface area contributed by atoms with Crippen molar-refractivity contribution in [2.45, 2.75) is 18.2 Å². The maximum atomic E-state index is 13.8.